The molecule has 3 unspecified atom stereocenters. The van der Waals surface area contributed by atoms with Gasteiger partial charge in [-0.1, -0.05) is 30.3 Å². The van der Waals surface area contributed by atoms with Crippen LogP contribution >= 0.6 is 0 Å². The van der Waals surface area contributed by atoms with Crippen molar-refractivity contribution in [1.29, 1.82) is 0 Å². The van der Waals surface area contributed by atoms with Crippen molar-refractivity contribution in [2.24, 2.45) is 11.8 Å². The Kier molecular flexibility index (Phi) is 7.33. The average molecular weight is 548 g/mol. The second kappa shape index (κ2) is 11.1. The molecular weight excluding hydrogens is 515 g/mol. The van der Waals surface area contributed by atoms with Crippen LogP contribution in [-0.2, 0) is 18.6 Å². The predicted molar refractivity (Wildman–Crippen MR) is 146 cm³/mol. The molecule has 2 aliphatic rings. The zero-order valence-corrected chi connectivity index (χ0v) is 22.1. The van der Waals surface area contributed by atoms with Gasteiger partial charge in [0.25, 0.3) is 0 Å². The lowest BCUT2D eigenvalue weighted by atomic mass is 9.92. The summed E-state index contributed by atoms with van der Waals surface area (Å²) in [7, 11) is 0. The van der Waals surface area contributed by atoms with E-state index in [-0.39, 0.29) is 24.5 Å². The van der Waals surface area contributed by atoms with Gasteiger partial charge >= 0.3 is 0 Å². The zero-order chi connectivity index (χ0) is 27.7. The number of nitrogens with zero attached hydrogens (tertiary/aromatic N) is 4. The standard InChI is InChI=1S/C31H32F3N5O/c32-25-5-1-21(2-6-25)11-22-3-8-27(9-4-22)37-28-12-23-15-38(16-24(23)13-28)17-31(40,18-39-20-35-19-36-39)29-10-7-26(33)14-30(29)34/h1-10,14,19-20,23-24,28,37,40H,11-13,15-18H2. The Labute approximate surface area is 231 Å². The van der Waals surface area contributed by atoms with E-state index in [1.807, 2.05) is 12.1 Å². The van der Waals surface area contributed by atoms with Crippen LogP contribution in [0.1, 0.15) is 29.5 Å². The summed E-state index contributed by atoms with van der Waals surface area (Å²) in [6, 6.07) is 18.7. The lowest BCUT2D eigenvalue weighted by molar-refractivity contribution is -0.0180. The van der Waals surface area contributed by atoms with Gasteiger partial charge in [0.05, 0.1) is 6.54 Å². The quantitative estimate of drug-likeness (QED) is 0.309. The summed E-state index contributed by atoms with van der Waals surface area (Å²) in [5.41, 5.74) is 1.80. The number of hydrogen-bond acceptors (Lipinski definition) is 5. The third kappa shape index (κ3) is 5.90. The van der Waals surface area contributed by atoms with Crippen molar-refractivity contribution >= 4 is 5.69 Å². The molecule has 9 heteroatoms. The predicted octanol–water partition coefficient (Wildman–Crippen LogP) is 5.00. The molecule has 1 saturated heterocycles. The number of anilines is 1. The highest BCUT2D eigenvalue weighted by Gasteiger charge is 2.44. The molecule has 0 spiro atoms. The molecule has 40 heavy (non-hydrogen) atoms. The fourth-order valence-corrected chi connectivity index (χ4v) is 6.48. The van der Waals surface area contributed by atoms with Gasteiger partial charge in [0.15, 0.2) is 0 Å². The molecule has 6 rings (SSSR count). The minimum Gasteiger partial charge on any atom is -0.382 e. The van der Waals surface area contributed by atoms with Crippen molar-refractivity contribution in [1.82, 2.24) is 19.7 Å². The third-order valence-electron chi connectivity index (χ3n) is 8.28. The molecule has 0 radical (unpaired) electrons. The Bertz CT molecular complexity index is 1420. The number of nitrogens with one attached hydrogen (secondary N) is 1. The molecule has 3 aromatic carbocycles. The Morgan fingerprint density at radius 1 is 0.850 bits per heavy atom. The number of rotatable bonds is 9. The number of benzene rings is 3. The first-order valence-electron chi connectivity index (χ1n) is 13.7. The average Bonchev–Trinajstić information content (AvgIpc) is 3.64. The fourth-order valence-electron chi connectivity index (χ4n) is 6.48. The summed E-state index contributed by atoms with van der Waals surface area (Å²) in [6.07, 6.45) is 5.65. The summed E-state index contributed by atoms with van der Waals surface area (Å²) in [5.74, 6) is -0.721. The molecule has 2 N–H and O–H groups in total. The van der Waals surface area contributed by atoms with Gasteiger partial charge in [0.1, 0.15) is 35.7 Å². The van der Waals surface area contributed by atoms with Crippen molar-refractivity contribution < 1.29 is 18.3 Å². The first-order valence-corrected chi connectivity index (χ1v) is 13.7. The van der Waals surface area contributed by atoms with Crippen molar-refractivity contribution in [2.75, 3.05) is 25.0 Å². The highest BCUT2D eigenvalue weighted by Crippen LogP contribution is 2.41. The molecule has 208 valence electrons. The van der Waals surface area contributed by atoms with Gasteiger partial charge in [0, 0.05) is 43.0 Å². The van der Waals surface area contributed by atoms with Crippen molar-refractivity contribution in [3.8, 4) is 0 Å². The van der Waals surface area contributed by atoms with Gasteiger partial charge in [-0.25, -0.2) is 22.8 Å². The van der Waals surface area contributed by atoms with Crippen LogP contribution in [0.4, 0.5) is 18.9 Å². The molecular formula is C31H32F3N5O. The van der Waals surface area contributed by atoms with Gasteiger partial charge in [-0.2, -0.15) is 5.10 Å². The Morgan fingerprint density at radius 3 is 2.12 bits per heavy atom. The minimum absolute atomic E-state index is 0.0166. The summed E-state index contributed by atoms with van der Waals surface area (Å²) >= 11 is 0. The number of aromatic nitrogens is 3. The van der Waals surface area contributed by atoms with Crippen LogP contribution in [0.3, 0.4) is 0 Å². The largest absolute Gasteiger partial charge is 0.382 e. The zero-order valence-electron chi connectivity index (χ0n) is 22.1. The molecule has 4 aromatic rings. The van der Waals surface area contributed by atoms with Gasteiger partial charge < -0.3 is 10.4 Å². The highest BCUT2D eigenvalue weighted by atomic mass is 19.1. The first-order chi connectivity index (χ1) is 19.3. The van der Waals surface area contributed by atoms with E-state index in [1.54, 1.807) is 0 Å². The molecule has 0 amide bonds. The van der Waals surface area contributed by atoms with E-state index < -0.39 is 17.2 Å². The summed E-state index contributed by atoms with van der Waals surface area (Å²) in [4.78, 5) is 6.13. The molecule has 0 bridgehead atoms. The third-order valence-corrected chi connectivity index (χ3v) is 8.28. The number of aliphatic hydroxyl groups is 1. The second-order valence-electron chi connectivity index (χ2n) is 11.3. The van der Waals surface area contributed by atoms with Crippen molar-refractivity contribution in [2.45, 2.75) is 37.5 Å². The van der Waals surface area contributed by atoms with Crippen LogP contribution in [0.5, 0.6) is 0 Å². The van der Waals surface area contributed by atoms with Crippen LogP contribution in [-0.4, -0.2) is 50.4 Å². The number of halogens is 3. The SMILES string of the molecule is OC(CN1CC2CC(Nc3ccc(Cc4ccc(F)cc4)cc3)CC2C1)(Cn1cncn1)c1ccc(F)cc1F. The van der Waals surface area contributed by atoms with Crippen LogP contribution in [0.15, 0.2) is 79.4 Å². The fraction of sp³-hybridized carbons (Fsp3) is 0.355. The number of fused-ring (bicyclic) bond motifs is 1. The molecule has 1 aromatic heterocycles. The number of β-amino-alcohol motifs (C(OH)–C–C–N with tert-alkyl or cyclic N) is 1. The van der Waals surface area contributed by atoms with Gasteiger partial charge in [-0.3, -0.25) is 4.90 Å². The maximum atomic E-state index is 14.8. The van der Waals surface area contributed by atoms with Gasteiger partial charge in [-0.15, -0.1) is 0 Å². The molecule has 6 nitrogen and oxygen atoms in total. The lowest BCUT2D eigenvalue weighted by Crippen LogP contribution is -2.44. The molecule has 1 aliphatic carbocycles. The van der Waals surface area contributed by atoms with Crippen LogP contribution < -0.4 is 5.32 Å². The monoisotopic (exact) mass is 547 g/mol. The summed E-state index contributed by atoms with van der Waals surface area (Å²) < 4.78 is 43.1. The molecule has 1 saturated carbocycles. The maximum absolute atomic E-state index is 14.8. The highest BCUT2D eigenvalue weighted by molar-refractivity contribution is 5.46. The van der Waals surface area contributed by atoms with E-state index in [0.29, 0.717) is 17.9 Å². The first kappa shape index (κ1) is 26.5. The van der Waals surface area contributed by atoms with E-state index in [2.05, 4.69) is 44.6 Å². The maximum Gasteiger partial charge on any atom is 0.137 e. The van der Waals surface area contributed by atoms with Crippen LogP contribution in [0, 0.1) is 29.3 Å². The lowest BCUT2D eigenvalue weighted by Gasteiger charge is -2.33. The molecule has 2 fully saturated rings. The Balaban J connectivity index is 1.06. The van der Waals surface area contributed by atoms with E-state index in [4.69, 9.17) is 0 Å². The minimum atomic E-state index is -1.59. The Morgan fingerprint density at radius 2 is 1.50 bits per heavy atom. The Hall–Kier alpha value is -3.69. The van der Waals surface area contributed by atoms with Crippen molar-refractivity contribution in [3.63, 3.8) is 0 Å². The summed E-state index contributed by atoms with van der Waals surface area (Å²) in [5, 5.41) is 19.5. The van der Waals surface area contributed by atoms with E-state index in [0.717, 1.165) is 49.7 Å². The van der Waals surface area contributed by atoms with Crippen molar-refractivity contribution in [3.05, 3.63) is 114 Å². The smallest absolute Gasteiger partial charge is 0.137 e. The van der Waals surface area contributed by atoms with Crippen LogP contribution in [0.25, 0.3) is 0 Å². The van der Waals surface area contributed by atoms with Crippen LogP contribution in [0.2, 0.25) is 0 Å². The summed E-state index contributed by atoms with van der Waals surface area (Å²) in [6.45, 7) is 1.85. The van der Waals surface area contributed by atoms with E-state index in [1.165, 1.54) is 47.2 Å². The van der Waals surface area contributed by atoms with E-state index >= 15 is 0 Å². The number of likely N-dealkylation sites (tertiary alicyclic amines) is 1. The normalized spacial score (nSPS) is 22.2. The van der Waals surface area contributed by atoms with Gasteiger partial charge in [0.2, 0.25) is 0 Å². The number of hydrogen-bond donors (Lipinski definition) is 2. The topological polar surface area (TPSA) is 66.2 Å². The molecule has 2 heterocycles. The van der Waals surface area contributed by atoms with Gasteiger partial charge in [-0.05, 0) is 72.6 Å². The second-order valence-corrected chi connectivity index (χ2v) is 11.3. The molecule has 3 atom stereocenters. The van der Waals surface area contributed by atoms with E-state index in [9.17, 15) is 18.3 Å². The molecule has 1 aliphatic heterocycles.